The fraction of sp³-hybridized carbons (Fsp3) is 0.938. The fourth-order valence-electron chi connectivity index (χ4n) is 3.43. The van der Waals surface area contributed by atoms with Crippen LogP contribution in [0.5, 0.6) is 0 Å². The molecule has 0 radical (unpaired) electrons. The van der Waals surface area contributed by atoms with E-state index in [0.29, 0.717) is 18.1 Å². The van der Waals surface area contributed by atoms with E-state index in [1.165, 1.54) is 25.7 Å². The maximum atomic E-state index is 11.9. The topological polar surface area (TPSA) is 61.6 Å². The Bertz CT molecular complexity index is 369. The van der Waals surface area contributed by atoms with E-state index in [0.717, 1.165) is 19.5 Å². The average Bonchev–Trinajstić information content (AvgIpc) is 3.22. The van der Waals surface area contributed by atoms with Gasteiger partial charge in [0.1, 0.15) is 0 Å². The van der Waals surface area contributed by atoms with Crippen molar-refractivity contribution in [1.29, 1.82) is 0 Å². The number of hydrogen-bond donors (Lipinski definition) is 2. The van der Waals surface area contributed by atoms with E-state index in [1.807, 2.05) is 6.92 Å². The van der Waals surface area contributed by atoms with E-state index in [4.69, 9.17) is 5.73 Å². The van der Waals surface area contributed by atoms with E-state index < -0.39 is 5.54 Å². The lowest BCUT2D eigenvalue weighted by Crippen LogP contribution is -2.58. The van der Waals surface area contributed by atoms with Gasteiger partial charge in [-0.05, 0) is 66.6 Å². The smallest absolute Gasteiger partial charge is 0.237 e. The molecular formula is C16H32N4O. The Morgan fingerprint density at radius 1 is 1.43 bits per heavy atom. The molecule has 0 spiro atoms. The fourth-order valence-corrected chi connectivity index (χ4v) is 3.43. The van der Waals surface area contributed by atoms with Gasteiger partial charge in [-0.3, -0.25) is 9.69 Å². The minimum absolute atomic E-state index is 0.220. The van der Waals surface area contributed by atoms with Crippen molar-refractivity contribution in [3.8, 4) is 0 Å². The van der Waals surface area contributed by atoms with E-state index >= 15 is 0 Å². The molecule has 1 aliphatic carbocycles. The number of rotatable bonds is 7. The number of amides is 1. The number of hydrogen-bond acceptors (Lipinski definition) is 4. The number of nitrogens with one attached hydrogen (secondary N) is 1. The molecule has 5 nitrogen and oxygen atoms in total. The Hall–Kier alpha value is -0.650. The van der Waals surface area contributed by atoms with Crippen LogP contribution in [0, 0.1) is 0 Å². The molecule has 2 aliphatic rings. The zero-order chi connectivity index (χ0) is 15.6. The molecule has 1 amide bonds. The SMILES string of the molecule is CC(CC(C)(NC1CC1)C(N)=O)N1CCCC(N(C)C)C1. The molecule has 0 aromatic rings. The van der Waals surface area contributed by atoms with Crippen LogP contribution < -0.4 is 11.1 Å². The van der Waals surface area contributed by atoms with Gasteiger partial charge in [0.25, 0.3) is 0 Å². The second kappa shape index (κ2) is 6.63. The van der Waals surface area contributed by atoms with E-state index in [1.54, 1.807) is 0 Å². The summed E-state index contributed by atoms with van der Waals surface area (Å²) in [7, 11) is 4.31. The Kier molecular flexibility index (Phi) is 5.28. The van der Waals surface area contributed by atoms with E-state index in [-0.39, 0.29) is 5.91 Å². The summed E-state index contributed by atoms with van der Waals surface area (Å²) in [6.07, 6.45) is 5.63. The van der Waals surface area contributed by atoms with Gasteiger partial charge in [0, 0.05) is 24.7 Å². The maximum Gasteiger partial charge on any atom is 0.237 e. The summed E-state index contributed by atoms with van der Waals surface area (Å²) >= 11 is 0. The van der Waals surface area contributed by atoms with Crippen LogP contribution in [0.2, 0.25) is 0 Å². The van der Waals surface area contributed by atoms with Crippen molar-refractivity contribution in [2.75, 3.05) is 27.2 Å². The van der Waals surface area contributed by atoms with Crippen LogP contribution >= 0.6 is 0 Å². The van der Waals surface area contributed by atoms with Crippen molar-refractivity contribution in [1.82, 2.24) is 15.1 Å². The first-order chi connectivity index (χ1) is 9.82. The van der Waals surface area contributed by atoms with Crippen molar-refractivity contribution in [2.24, 2.45) is 5.73 Å². The standard InChI is InChI=1S/C16H32N4O/c1-12(20-9-5-6-14(11-20)19(3)4)10-16(2,15(17)21)18-13-7-8-13/h12-14,18H,5-11H2,1-4H3,(H2,17,21). The summed E-state index contributed by atoms with van der Waals surface area (Å²) in [6.45, 7) is 6.42. The molecule has 3 atom stereocenters. The molecule has 122 valence electrons. The summed E-state index contributed by atoms with van der Waals surface area (Å²) in [5, 5.41) is 3.46. The molecule has 1 aliphatic heterocycles. The Balaban J connectivity index is 1.94. The van der Waals surface area contributed by atoms with Crippen molar-refractivity contribution in [3.05, 3.63) is 0 Å². The van der Waals surface area contributed by atoms with Gasteiger partial charge >= 0.3 is 0 Å². The minimum atomic E-state index is -0.578. The van der Waals surface area contributed by atoms with Crippen molar-refractivity contribution in [2.45, 2.75) is 69.6 Å². The number of nitrogens with zero attached hydrogens (tertiary/aromatic N) is 2. The highest BCUT2D eigenvalue weighted by Gasteiger charge is 2.39. The first-order valence-electron chi connectivity index (χ1n) is 8.30. The predicted octanol–water partition coefficient (Wildman–Crippen LogP) is 0.787. The molecule has 0 aromatic carbocycles. The summed E-state index contributed by atoms with van der Waals surface area (Å²) in [5.74, 6) is -0.220. The lowest BCUT2D eigenvalue weighted by atomic mass is 9.90. The molecule has 0 aromatic heterocycles. The Morgan fingerprint density at radius 3 is 2.62 bits per heavy atom. The third-order valence-electron chi connectivity index (χ3n) is 5.13. The third-order valence-corrected chi connectivity index (χ3v) is 5.13. The summed E-state index contributed by atoms with van der Waals surface area (Å²) in [5.41, 5.74) is 5.09. The second-order valence-corrected chi connectivity index (χ2v) is 7.42. The average molecular weight is 296 g/mol. The molecule has 2 rings (SSSR count). The number of carbonyl (C=O) groups is 1. The lowest BCUT2D eigenvalue weighted by Gasteiger charge is -2.42. The molecule has 0 bridgehead atoms. The molecule has 21 heavy (non-hydrogen) atoms. The lowest BCUT2D eigenvalue weighted by molar-refractivity contribution is -0.124. The highest BCUT2D eigenvalue weighted by Crippen LogP contribution is 2.27. The molecule has 1 saturated heterocycles. The van der Waals surface area contributed by atoms with E-state index in [9.17, 15) is 4.79 Å². The number of carbonyl (C=O) groups excluding carboxylic acids is 1. The van der Waals surface area contributed by atoms with Gasteiger partial charge in [0.15, 0.2) is 0 Å². The van der Waals surface area contributed by atoms with Gasteiger partial charge < -0.3 is 16.0 Å². The first kappa shape index (κ1) is 16.7. The summed E-state index contributed by atoms with van der Waals surface area (Å²) in [6, 6.07) is 1.49. The Labute approximate surface area is 129 Å². The van der Waals surface area contributed by atoms with Crippen LogP contribution in [-0.2, 0) is 4.79 Å². The van der Waals surface area contributed by atoms with Gasteiger partial charge in [0.05, 0.1) is 5.54 Å². The van der Waals surface area contributed by atoms with E-state index in [2.05, 4.69) is 36.1 Å². The van der Waals surface area contributed by atoms with Gasteiger partial charge in [-0.1, -0.05) is 0 Å². The van der Waals surface area contributed by atoms with Crippen LogP contribution in [0.25, 0.3) is 0 Å². The maximum absolute atomic E-state index is 11.9. The van der Waals surface area contributed by atoms with Gasteiger partial charge in [-0.15, -0.1) is 0 Å². The highest BCUT2D eigenvalue weighted by atomic mass is 16.1. The second-order valence-electron chi connectivity index (χ2n) is 7.42. The van der Waals surface area contributed by atoms with Gasteiger partial charge in [0.2, 0.25) is 5.91 Å². The number of likely N-dealkylation sites (tertiary alicyclic amines) is 1. The van der Waals surface area contributed by atoms with Crippen molar-refractivity contribution in [3.63, 3.8) is 0 Å². The molecular weight excluding hydrogens is 264 g/mol. The van der Waals surface area contributed by atoms with Crippen LogP contribution in [0.15, 0.2) is 0 Å². The van der Waals surface area contributed by atoms with Crippen LogP contribution in [0.4, 0.5) is 0 Å². The number of piperidine rings is 1. The first-order valence-corrected chi connectivity index (χ1v) is 8.30. The number of primary amides is 1. The number of nitrogens with two attached hydrogens (primary N) is 1. The quantitative estimate of drug-likeness (QED) is 0.729. The molecule has 3 N–H and O–H groups in total. The van der Waals surface area contributed by atoms with Crippen molar-refractivity contribution < 1.29 is 4.79 Å². The normalized spacial score (nSPS) is 28.3. The molecule has 3 unspecified atom stereocenters. The summed E-state index contributed by atoms with van der Waals surface area (Å²) in [4.78, 5) is 16.7. The molecule has 2 fully saturated rings. The van der Waals surface area contributed by atoms with Gasteiger partial charge in [-0.25, -0.2) is 0 Å². The minimum Gasteiger partial charge on any atom is -0.368 e. The Morgan fingerprint density at radius 2 is 2.10 bits per heavy atom. The predicted molar refractivity (Wildman–Crippen MR) is 86.1 cm³/mol. The largest absolute Gasteiger partial charge is 0.368 e. The summed E-state index contributed by atoms with van der Waals surface area (Å²) < 4.78 is 0. The zero-order valence-corrected chi connectivity index (χ0v) is 14.1. The van der Waals surface area contributed by atoms with Crippen molar-refractivity contribution >= 4 is 5.91 Å². The van der Waals surface area contributed by atoms with Gasteiger partial charge in [-0.2, -0.15) is 0 Å². The highest BCUT2D eigenvalue weighted by molar-refractivity contribution is 5.84. The molecule has 5 heteroatoms. The molecule has 1 saturated carbocycles. The van der Waals surface area contributed by atoms with Crippen LogP contribution in [0.3, 0.4) is 0 Å². The number of likely N-dealkylation sites (N-methyl/N-ethyl adjacent to an activating group) is 1. The third kappa shape index (κ3) is 4.41. The zero-order valence-electron chi connectivity index (χ0n) is 14.1. The van der Waals surface area contributed by atoms with Crippen LogP contribution in [-0.4, -0.2) is 66.6 Å². The monoisotopic (exact) mass is 296 g/mol. The van der Waals surface area contributed by atoms with Crippen LogP contribution in [0.1, 0.15) is 46.0 Å². The molecule has 1 heterocycles.